The third kappa shape index (κ3) is 2.68. The van der Waals surface area contributed by atoms with Gasteiger partial charge >= 0.3 is 0 Å². The third-order valence-electron chi connectivity index (χ3n) is 4.02. The Kier molecular flexibility index (Phi) is 3.51. The second-order valence-corrected chi connectivity index (χ2v) is 5.45. The van der Waals surface area contributed by atoms with Crippen molar-refractivity contribution in [2.75, 3.05) is 31.2 Å². The number of nitrogens with zero attached hydrogens (tertiary/aromatic N) is 3. The number of rotatable bonds is 2. The topological polar surface area (TPSA) is 71.1 Å². The summed E-state index contributed by atoms with van der Waals surface area (Å²) in [4.78, 5) is 25.7. The number of aromatic amines is 1. The molecule has 0 amide bonds. The Morgan fingerprint density at radius 2 is 1.87 bits per heavy atom. The Labute approximate surface area is 132 Å². The summed E-state index contributed by atoms with van der Waals surface area (Å²) in [5.41, 5.74) is 2.52. The van der Waals surface area contributed by atoms with Crippen LogP contribution in [0, 0.1) is 0 Å². The highest BCUT2D eigenvalue weighted by Crippen LogP contribution is 2.21. The van der Waals surface area contributed by atoms with Gasteiger partial charge in [-0.1, -0.05) is 0 Å². The summed E-state index contributed by atoms with van der Waals surface area (Å²) in [5.74, 6) is 0.572. The number of fused-ring (bicyclic) bond motifs is 1. The molecule has 0 spiro atoms. The predicted octanol–water partition coefficient (Wildman–Crippen LogP) is 1.82. The lowest BCUT2D eigenvalue weighted by atomic mass is 10.1. The van der Waals surface area contributed by atoms with Crippen molar-refractivity contribution < 1.29 is 4.74 Å². The first-order valence-corrected chi connectivity index (χ1v) is 7.58. The molecule has 0 radical (unpaired) electrons. The van der Waals surface area contributed by atoms with E-state index < -0.39 is 0 Å². The maximum Gasteiger partial charge on any atom is 0.260 e. The van der Waals surface area contributed by atoms with Crippen LogP contribution in [-0.2, 0) is 4.74 Å². The fourth-order valence-corrected chi connectivity index (χ4v) is 2.77. The molecule has 6 nitrogen and oxygen atoms in total. The van der Waals surface area contributed by atoms with E-state index in [-0.39, 0.29) is 5.56 Å². The minimum absolute atomic E-state index is 0.171. The van der Waals surface area contributed by atoms with Crippen LogP contribution in [-0.4, -0.2) is 41.3 Å². The first-order valence-electron chi connectivity index (χ1n) is 7.58. The lowest BCUT2D eigenvalue weighted by molar-refractivity contribution is 0.122. The summed E-state index contributed by atoms with van der Waals surface area (Å²) in [6.45, 7) is 3.32. The molecule has 6 heteroatoms. The molecule has 0 aliphatic carbocycles. The zero-order chi connectivity index (χ0) is 15.6. The van der Waals surface area contributed by atoms with Gasteiger partial charge in [0.1, 0.15) is 5.82 Å². The van der Waals surface area contributed by atoms with Gasteiger partial charge in [-0.2, -0.15) is 0 Å². The van der Waals surface area contributed by atoms with Crippen LogP contribution < -0.4 is 10.5 Å². The number of hydrogen-bond donors (Lipinski definition) is 1. The Morgan fingerprint density at radius 3 is 2.65 bits per heavy atom. The highest BCUT2D eigenvalue weighted by atomic mass is 16.5. The largest absolute Gasteiger partial charge is 0.378 e. The predicted molar refractivity (Wildman–Crippen MR) is 88.6 cm³/mol. The Morgan fingerprint density at radius 1 is 1.09 bits per heavy atom. The average molecular weight is 308 g/mol. The molecule has 116 valence electrons. The molecule has 3 heterocycles. The molecular weight excluding hydrogens is 292 g/mol. The minimum Gasteiger partial charge on any atom is -0.378 e. The van der Waals surface area contributed by atoms with Crippen LogP contribution in [0.15, 0.2) is 47.5 Å². The van der Waals surface area contributed by atoms with Gasteiger partial charge < -0.3 is 14.6 Å². The van der Waals surface area contributed by atoms with Crippen LogP contribution in [0.4, 0.5) is 5.69 Å². The van der Waals surface area contributed by atoms with Crippen molar-refractivity contribution in [3.05, 3.63) is 53.1 Å². The summed E-state index contributed by atoms with van der Waals surface area (Å²) < 4.78 is 5.37. The fourth-order valence-electron chi connectivity index (χ4n) is 2.77. The van der Waals surface area contributed by atoms with E-state index in [1.807, 2.05) is 12.1 Å². The van der Waals surface area contributed by atoms with E-state index in [2.05, 4.69) is 32.0 Å². The van der Waals surface area contributed by atoms with Crippen molar-refractivity contribution in [3.8, 4) is 11.4 Å². The van der Waals surface area contributed by atoms with E-state index in [1.54, 1.807) is 12.3 Å². The van der Waals surface area contributed by atoms with Crippen molar-refractivity contribution in [3.63, 3.8) is 0 Å². The Hall–Kier alpha value is -2.73. The lowest BCUT2D eigenvalue weighted by Crippen LogP contribution is -2.36. The lowest BCUT2D eigenvalue weighted by Gasteiger charge is -2.28. The molecule has 1 saturated heterocycles. The second-order valence-electron chi connectivity index (χ2n) is 5.45. The van der Waals surface area contributed by atoms with Crippen molar-refractivity contribution in [2.24, 2.45) is 0 Å². The molecule has 0 unspecified atom stereocenters. The van der Waals surface area contributed by atoms with E-state index >= 15 is 0 Å². The van der Waals surface area contributed by atoms with Gasteiger partial charge in [-0.3, -0.25) is 9.78 Å². The number of aromatic nitrogens is 3. The molecular formula is C17H16N4O2. The fraction of sp³-hybridized carbons (Fsp3) is 0.235. The standard InChI is InChI=1S/C17H16N4O2/c22-17-14-11-18-6-5-15(14)19-16(20-17)12-1-3-13(4-2-12)21-7-9-23-10-8-21/h1-6,11H,7-10H2,(H,19,20,22). The van der Waals surface area contributed by atoms with Gasteiger partial charge in [-0.05, 0) is 30.3 Å². The molecule has 1 N–H and O–H groups in total. The monoisotopic (exact) mass is 308 g/mol. The second kappa shape index (κ2) is 5.81. The number of hydrogen-bond acceptors (Lipinski definition) is 5. The number of H-pyrrole nitrogens is 1. The molecule has 4 rings (SSSR count). The molecule has 0 atom stereocenters. The van der Waals surface area contributed by atoms with Crippen molar-refractivity contribution in [2.45, 2.75) is 0 Å². The molecule has 1 aliphatic rings. The highest BCUT2D eigenvalue weighted by Gasteiger charge is 2.12. The number of pyridine rings is 1. The van der Waals surface area contributed by atoms with Crippen molar-refractivity contribution >= 4 is 16.6 Å². The summed E-state index contributed by atoms with van der Waals surface area (Å²) in [6, 6.07) is 9.82. The molecule has 23 heavy (non-hydrogen) atoms. The molecule has 0 saturated carbocycles. The normalized spacial score (nSPS) is 15.0. The van der Waals surface area contributed by atoms with E-state index in [4.69, 9.17) is 4.74 Å². The van der Waals surface area contributed by atoms with Crippen LogP contribution in [0.3, 0.4) is 0 Å². The summed E-state index contributed by atoms with van der Waals surface area (Å²) >= 11 is 0. The van der Waals surface area contributed by atoms with Crippen LogP contribution in [0.5, 0.6) is 0 Å². The number of benzene rings is 1. The van der Waals surface area contributed by atoms with Crippen LogP contribution in [0.1, 0.15) is 0 Å². The average Bonchev–Trinajstić information content (AvgIpc) is 2.63. The molecule has 1 aliphatic heterocycles. The van der Waals surface area contributed by atoms with E-state index in [1.165, 1.54) is 6.20 Å². The van der Waals surface area contributed by atoms with Crippen LogP contribution >= 0.6 is 0 Å². The number of morpholine rings is 1. The van der Waals surface area contributed by atoms with Gasteiger partial charge in [-0.25, -0.2) is 4.98 Å². The third-order valence-corrected chi connectivity index (χ3v) is 4.02. The first-order chi connectivity index (χ1) is 11.3. The summed E-state index contributed by atoms with van der Waals surface area (Å²) in [7, 11) is 0. The first kappa shape index (κ1) is 13.9. The summed E-state index contributed by atoms with van der Waals surface area (Å²) in [5, 5.41) is 0.501. The van der Waals surface area contributed by atoms with E-state index in [0.29, 0.717) is 16.7 Å². The Balaban J connectivity index is 1.69. The van der Waals surface area contributed by atoms with Gasteiger partial charge in [0.25, 0.3) is 5.56 Å². The zero-order valence-electron chi connectivity index (χ0n) is 12.5. The van der Waals surface area contributed by atoms with Crippen molar-refractivity contribution in [1.29, 1.82) is 0 Å². The van der Waals surface area contributed by atoms with Gasteiger partial charge in [0, 0.05) is 36.7 Å². The molecule has 3 aromatic rings. The molecule has 1 aromatic carbocycles. The molecule has 2 aromatic heterocycles. The maximum atomic E-state index is 12.1. The van der Waals surface area contributed by atoms with Gasteiger partial charge in [0.2, 0.25) is 0 Å². The molecule has 1 fully saturated rings. The maximum absolute atomic E-state index is 12.1. The Bertz CT molecular complexity index is 883. The van der Waals surface area contributed by atoms with E-state index in [9.17, 15) is 4.79 Å². The SMILES string of the molecule is O=c1[nH]c(-c2ccc(N3CCOCC3)cc2)nc2ccncc12. The van der Waals surface area contributed by atoms with Gasteiger partial charge in [-0.15, -0.1) is 0 Å². The summed E-state index contributed by atoms with van der Waals surface area (Å²) in [6.07, 6.45) is 3.17. The number of nitrogens with one attached hydrogen (secondary N) is 1. The zero-order valence-corrected chi connectivity index (χ0v) is 12.5. The quantitative estimate of drug-likeness (QED) is 0.782. The number of anilines is 1. The van der Waals surface area contributed by atoms with Crippen molar-refractivity contribution in [1.82, 2.24) is 15.0 Å². The number of ether oxygens (including phenoxy) is 1. The van der Waals surface area contributed by atoms with Gasteiger partial charge in [0.15, 0.2) is 0 Å². The van der Waals surface area contributed by atoms with Crippen LogP contribution in [0.25, 0.3) is 22.3 Å². The van der Waals surface area contributed by atoms with Gasteiger partial charge in [0.05, 0.1) is 24.1 Å². The van der Waals surface area contributed by atoms with Crippen LogP contribution in [0.2, 0.25) is 0 Å². The smallest absolute Gasteiger partial charge is 0.260 e. The minimum atomic E-state index is -0.171. The van der Waals surface area contributed by atoms with E-state index in [0.717, 1.165) is 37.6 Å². The highest BCUT2D eigenvalue weighted by molar-refractivity contribution is 5.78. The molecule has 0 bridgehead atoms.